The molecule has 0 fully saturated rings. The van der Waals surface area contributed by atoms with Crippen LogP contribution in [-0.2, 0) is 12.8 Å². The molecule has 0 heterocycles. The molecule has 0 amide bonds. The highest BCUT2D eigenvalue weighted by molar-refractivity contribution is 5.43. The fourth-order valence-electron chi connectivity index (χ4n) is 2.61. The van der Waals surface area contributed by atoms with Crippen molar-refractivity contribution in [3.8, 4) is 5.75 Å². The molecule has 0 aromatic heterocycles. The molecule has 1 aliphatic rings. The van der Waals surface area contributed by atoms with Crippen LogP contribution in [0, 0.1) is 0 Å². The number of benzene rings is 1. The minimum Gasteiger partial charge on any atom is -0.508 e. The lowest BCUT2D eigenvalue weighted by Crippen LogP contribution is -2.35. The summed E-state index contributed by atoms with van der Waals surface area (Å²) in [6, 6.07) is 6.46. The van der Waals surface area contributed by atoms with Crippen LogP contribution in [0.15, 0.2) is 18.2 Å². The smallest absolute Gasteiger partial charge is 0.119 e. The van der Waals surface area contributed by atoms with Gasteiger partial charge in [0.25, 0.3) is 0 Å². The van der Waals surface area contributed by atoms with Gasteiger partial charge in [-0.25, -0.2) is 0 Å². The summed E-state index contributed by atoms with van der Waals surface area (Å²) in [5.74, 6) is 0.474. The van der Waals surface area contributed by atoms with E-state index in [9.17, 15) is 5.11 Å². The van der Waals surface area contributed by atoms with E-state index in [4.69, 9.17) is 0 Å². The summed E-state index contributed by atoms with van der Waals surface area (Å²) in [6.07, 6.45) is 2.09. The molecule has 1 aliphatic carbocycles. The molecule has 0 spiro atoms. The number of rotatable bonds is 3. The molecule has 0 bridgehead atoms. The van der Waals surface area contributed by atoms with E-state index in [2.05, 4.69) is 24.8 Å². The van der Waals surface area contributed by atoms with E-state index in [0.717, 1.165) is 31.5 Å². The Morgan fingerprint density at radius 3 is 2.60 bits per heavy atom. The molecule has 2 rings (SSSR count). The van der Waals surface area contributed by atoms with Gasteiger partial charge in [-0.2, -0.15) is 0 Å². The van der Waals surface area contributed by atoms with Crippen molar-refractivity contribution in [3.63, 3.8) is 0 Å². The predicted molar refractivity (Wildman–Crippen MR) is 62.2 cm³/mol. The van der Waals surface area contributed by atoms with E-state index in [-0.39, 0.29) is 0 Å². The number of hydrogen-bond acceptors (Lipinski definition) is 2. The zero-order valence-corrected chi connectivity index (χ0v) is 9.53. The summed E-state index contributed by atoms with van der Waals surface area (Å²) in [5, 5.41) is 9.76. The second-order valence-electron chi connectivity index (χ2n) is 4.20. The third-order valence-electron chi connectivity index (χ3n) is 3.47. The summed E-state index contributed by atoms with van der Waals surface area (Å²) >= 11 is 0. The van der Waals surface area contributed by atoms with Gasteiger partial charge in [0.1, 0.15) is 5.75 Å². The molecular formula is C13H19NO. The molecule has 0 saturated heterocycles. The van der Waals surface area contributed by atoms with Gasteiger partial charge in [-0.05, 0) is 43.1 Å². The van der Waals surface area contributed by atoms with Gasteiger partial charge in [0.15, 0.2) is 0 Å². The Bertz CT molecular complexity index is 344. The van der Waals surface area contributed by atoms with E-state index in [1.807, 2.05) is 6.07 Å². The first-order valence-corrected chi connectivity index (χ1v) is 5.80. The molecule has 1 unspecified atom stereocenters. The largest absolute Gasteiger partial charge is 0.508 e. The summed E-state index contributed by atoms with van der Waals surface area (Å²) < 4.78 is 0. The van der Waals surface area contributed by atoms with Crippen molar-refractivity contribution in [2.24, 2.45) is 0 Å². The summed E-state index contributed by atoms with van der Waals surface area (Å²) in [4.78, 5) is 2.47. The van der Waals surface area contributed by atoms with Crippen LogP contribution in [0.4, 0.5) is 0 Å². The van der Waals surface area contributed by atoms with Crippen molar-refractivity contribution in [3.05, 3.63) is 29.3 Å². The van der Waals surface area contributed by atoms with Crippen molar-refractivity contribution in [1.29, 1.82) is 0 Å². The minimum atomic E-state index is 0.474. The fraction of sp³-hybridized carbons (Fsp3) is 0.538. The molecule has 1 aromatic rings. The second kappa shape index (κ2) is 4.23. The van der Waals surface area contributed by atoms with Crippen LogP contribution >= 0.6 is 0 Å². The average Bonchev–Trinajstić information content (AvgIpc) is 2.65. The third-order valence-corrected chi connectivity index (χ3v) is 3.47. The number of phenolic OH excluding ortho intramolecular Hbond substituents is 1. The summed E-state index contributed by atoms with van der Waals surface area (Å²) in [7, 11) is 0. The van der Waals surface area contributed by atoms with E-state index in [1.54, 1.807) is 6.07 Å². The first kappa shape index (κ1) is 10.5. The van der Waals surface area contributed by atoms with Crippen LogP contribution in [0.1, 0.15) is 25.0 Å². The Morgan fingerprint density at radius 2 is 2.00 bits per heavy atom. The second-order valence-corrected chi connectivity index (χ2v) is 4.20. The Labute approximate surface area is 91.5 Å². The highest BCUT2D eigenvalue weighted by Gasteiger charge is 2.26. The number of nitrogens with zero attached hydrogens (tertiary/aromatic N) is 1. The van der Waals surface area contributed by atoms with Gasteiger partial charge in [0, 0.05) is 6.04 Å². The SMILES string of the molecule is CCN(CC)C1Cc2cccc(O)c2C1. The van der Waals surface area contributed by atoms with Crippen molar-refractivity contribution < 1.29 is 5.11 Å². The van der Waals surface area contributed by atoms with Crippen LogP contribution in [-0.4, -0.2) is 29.1 Å². The van der Waals surface area contributed by atoms with Crippen molar-refractivity contribution in [2.45, 2.75) is 32.7 Å². The number of fused-ring (bicyclic) bond motifs is 1. The average molecular weight is 205 g/mol. The first-order chi connectivity index (χ1) is 7.26. The van der Waals surface area contributed by atoms with Crippen molar-refractivity contribution in [1.82, 2.24) is 4.90 Å². The van der Waals surface area contributed by atoms with E-state index in [1.165, 1.54) is 5.56 Å². The van der Waals surface area contributed by atoms with E-state index >= 15 is 0 Å². The third kappa shape index (κ3) is 1.86. The van der Waals surface area contributed by atoms with Crippen LogP contribution in [0.2, 0.25) is 0 Å². The minimum absolute atomic E-state index is 0.474. The Morgan fingerprint density at radius 1 is 1.27 bits per heavy atom. The number of hydrogen-bond donors (Lipinski definition) is 1. The van der Waals surface area contributed by atoms with Crippen LogP contribution in [0.5, 0.6) is 5.75 Å². The molecule has 2 nitrogen and oxygen atoms in total. The Kier molecular flexibility index (Phi) is 2.96. The molecule has 0 saturated carbocycles. The molecule has 0 radical (unpaired) electrons. The first-order valence-electron chi connectivity index (χ1n) is 5.80. The Hall–Kier alpha value is -1.02. The predicted octanol–water partition coefficient (Wildman–Crippen LogP) is 2.20. The molecule has 1 N–H and O–H groups in total. The Balaban J connectivity index is 2.18. The monoisotopic (exact) mass is 205 g/mol. The van der Waals surface area contributed by atoms with Crippen LogP contribution in [0.25, 0.3) is 0 Å². The number of likely N-dealkylation sites (N-methyl/N-ethyl adjacent to an activating group) is 1. The molecular weight excluding hydrogens is 186 g/mol. The molecule has 15 heavy (non-hydrogen) atoms. The van der Waals surface area contributed by atoms with Gasteiger partial charge in [-0.3, -0.25) is 0 Å². The highest BCUT2D eigenvalue weighted by atomic mass is 16.3. The number of phenols is 1. The highest BCUT2D eigenvalue weighted by Crippen LogP contribution is 2.31. The zero-order valence-electron chi connectivity index (χ0n) is 9.53. The van der Waals surface area contributed by atoms with Crippen molar-refractivity contribution in [2.75, 3.05) is 13.1 Å². The van der Waals surface area contributed by atoms with Crippen LogP contribution < -0.4 is 0 Å². The lowest BCUT2D eigenvalue weighted by molar-refractivity contribution is 0.223. The van der Waals surface area contributed by atoms with Gasteiger partial charge in [-0.15, -0.1) is 0 Å². The molecule has 2 heteroatoms. The maximum Gasteiger partial charge on any atom is 0.119 e. The molecule has 1 atom stereocenters. The lowest BCUT2D eigenvalue weighted by atomic mass is 10.1. The maximum absolute atomic E-state index is 9.76. The quantitative estimate of drug-likeness (QED) is 0.817. The van der Waals surface area contributed by atoms with Gasteiger partial charge in [0.05, 0.1) is 0 Å². The summed E-state index contributed by atoms with van der Waals surface area (Å²) in [6.45, 7) is 6.59. The van der Waals surface area contributed by atoms with Crippen LogP contribution in [0.3, 0.4) is 0 Å². The molecule has 1 aromatic carbocycles. The maximum atomic E-state index is 9.76. The molecule has 0 aliphatic heterocycles. The zero-order chi connectivity index (χ0) is 10.8. The van der Waals surface area contributed by atoms with Gasteiger partial charge in [-0.1, -0.05) is 26.0 Å². The normalized spacial score (nSPS) is 19.5. The van der Waals surface area contributed by atoms with Gasteiger partial charge >= 0.3 is 0 Å². The standard InChI is InChI=1S/C13H19NO/c1-3-14(4-2)11-8-10-6-5-7-13(15)12(10)9-11/h5-7,11,15H,3-4,8-9H2,1-2H3. The van der Waals surface area contributed by atoms with Crippen molar-refractivity contribution >= 4 is 0 Å². The summed E-state index contributed by atoms with van der Waals surface area (Å²) in [5.41, 5.74) is 2.49. The van der Waals surface area contributed by atoms with Gasteiger partial charge < -0.3 is 10.0 Å². The lowest BCUT2D eigenvalue weighted by Gasteiger charge is -2.25. The number of aromatic hydroxyl groups is 1. The molecule has 82 valence electrons. The van der Waals surface area contributed by atoms with E-state index in [0.29, 0.717) is 11.8 Å². The topological polar surface area (TPSA) is 23.5 Å². The van der Waals surface area contributed by atoms with Gasteiger partial charge in [0.2, 0.25) is 0 Å². The fourth-order valence-corrected chi connectivity index (χ4v) is 2.61. The van der Waals surface area contributed by atoms with E-state index < -0.39 is 0 Å².